The third-order valence-corrected chi connectivity index (χ3v) is 5.83. The fraction of sp³-hybridized carbons (Fsp3) is 0.364. The van der Waals surface area contributed by atoms with Crippen LogP contribution in [0.25, 0.3) is 22.6 Å². The number of anilines is 1. The highest BCUT2D eigenvalue weighted by Gasteiger charge is 2.44. The van der Waals surface area contributed by atoms with E-state index in [2.05, 4.69) is 32.2 Å². The maximum atomic E-state index is 10.4. The Balaban J connectivity index is 1.38. The first-order valence-corrected chi connectivity index (χ1v) is 10.7. The predicted octanol–water partition coefficient (Wildman–Crippen LogP) is 0.516. The zero-order valence-electron chi connectivity index (χ0n) is 17.8. The highest BCUT2D eigenvalue weighted by molar-refractivity contribution is 5.83. The minimum Gasteiger partial charge on any atom is -0.394 e. The lowest BCUT2D eigenvalue weighted by molar-refractivity contribution is -0.0511. The van der Waals surface area contributed by atoms with Gasteiger partial charge in [0.1, 0.15) is 23.8 Å². The number of imidazole rings is 1. The molecular weight excluding hydrogens is 426 g/mol. The SMILES string of the molecule is Nc1nc(-c2cnn(CCCc3ccccc3)c2)nc2c1ncn2[C@@H]1OC(CO)[C@@H](O)C1O. The van der Waals surface area contributed by atoms with E-state index in [4.69, 9.17) is 10.5 Å². The quantitative estimate of drug-likeness (QED) is 0.314. The van der Waals surface area contributed by atoms with Crippen molar-refractivity contribution in [1.82, 2.24) is 29.3 Å². The summed E-state index contributed by atoms with van der Waals surface area (Å²) in [7, 11) is 0. The van der Waals surface area contributed by atoms with Crippen molar-refractivity contribution in [3.8, 4) is 11.4 Å². The maximum absolute atomic E-state index is 10.4. The molecule has 0 amide bonds. The lowest BCUT2D eigenvalue weighted by Gasteiger charge is -2.16. The molecule has 0 aliphatic carbocycles. The van der Waals surface area contributed by atoms with E-state index in [-0.39, 0.29) is 5.82 Å². The van der Waals surface area contributed by atoms with Crippen molar-refractivity contribution in [3.05, 3.63) is 54.6 Å². The van der Waals surface area contributed by atoms with Gasteiger partial charge in [0, 0.05) is 12.7 Å². The van der Waals surface area contributed by atoms with Crippen LogP contribution in [0.5, 0.6) is 0 Å². The number of aliphatic hydroxyl groups excluding tert-OH is 3. The number of nitrogens with two attached hydrogens (primary N) is 1. The summed E-state index contributed by atoms with van der Waals surface area (Å²) in [5, 5.41) is 34.3. The molecule has 1 aromatic carbocycles. The van der Waals surface area contributed by atoms with Crippen LogP contribution in [0.2, 0.25) is 0 Å². The van der Waals surface area contributed by atoms with Crippen LogP contribution < -0.4 is 5.73 Å². The Labute approximate surface area is 189 Å². The number of aryl methyl sites for hydroxylation is 2. The van der Waals surface area contributed by atoms with Gasteiger partial charge in [-0.05, 0) is 18.4 Å². The van der Waals surface area contributed by atoms with Crippen LogP contribution in [-0.2, 0) is 17.7 Å². The molecule has 1 aliphatic heterocycles. The second kappa shape index (κ2) is 8.87. The highest BCUT2D eigenvalue weighted by atomic mass is 16.6. The van der Waals surface area contributed by atoms with E-state index in [1.807, 2.05) is 29.1 Å². The van der Waals surface area contributed by atoms with E-state index >= 15 is 0 Å². The summed E-state index contributed by atoms with van der Waals surface area (Å²) in [5.74, 6) is 0.542. The third kappa shape index (κ3) is 4.07. The van der Waals surface area contributed by atoms with E-state index in [0.29, 0.717) is 22.6 Å². The number of rotatable bonds is 7. The molecule has 0 bridgehead atoms. The summed E-state index contributed by atoms with van der Waals surface area (Å²) < 4.78 is 8.94. The van der Waals surface area contributed by atoms with Gasteiger partial charge in [0.05, 0.1) is 24.7 Å². The summed E-state index contributed by atoms with van der Waals surface area (Å²) in [6.07, 6.45) is 2.49. The van der Waals surface area contributed by atoms with Gasteiger partial charge in [0.2, 0.25) is 0 Å². The average Bonchev–Trinajstić information content (AvgIpc) is 3.53. The van der Waals surface area contributed by atoms with Gasteiger partial charge in [-0.1, -0.05) is 30.3 Å². The molecule has 2 unspecified atom stereocenters. The smallest absolute Gasteiger partial charge is 0.168 e. The van der Waals surface area contributed by atoms with E-state index in [1.54, 1.807) is 6.20 Å². The van der Waals surface area contributed by atoms with Crippen molar-refractivity contribution < 1.29 is 20.1 Å². The van der Waals surface area contributed by atoms with E-state index in [1.165, 1.54) is 16.5 Å². The van der Waals surface area contributed by atoms with E-state index < -0.39 is 31.1 Å². The van der Waals surface area contributed by atoms with Crippen LogP contribution in [0.3, 0.4) is 0 Å². The molecule has 0 radical (unpaired) electrons. The predicted molar refractivity (Wildman–Crippen MR) is 119 cm³/mol. The summed E-state index contributed by atoms with van der Waals surface area (Å²) in [4.78, 5) is 13.2. The fourth-order valence-corrected chi connectivity index (χ4v) is 4.05. The minimum absolute atomic E-state index is 0.178. The molecule has 1 aliphatic rings. The second-order valence-corrected chi connectivity index (χ2v) is 8.07. The molecule has 4 atom stereocenters. The van der Waals surface area contributed by atoms with Crippen LogP contribution in [0.1, 0.15) is 18.2 Å². The number of aromatic nitrogens is 6. The topological polar surface area (TPSA) is 157 Å². The van der Waals surface area contributed by atoms with Crippen LogP contribution in [0.4, 0.5) is 5.82 Å². The average molecular weight is 451 g/mol. The molecule has 11 heteroatoms. The van der Waals surface area contributed by atoms with E-state index in [9.17, 15) is 15.3 Å². The molecule has 33 heavy (non-hydrogen) atoms. The normalized spacial score (nSPS) is 22.9. The standard InChI is InChI=1S/C22H25N7O4/c23-19-16-21(29(12-24-16)22-18(32)17(31)15(11-30)33-22)27-20(26-19)14-9-25-28(10-14)8-4-7-13-5-2-1-3-6-13/h1-3,5-6,9-10,12,15,17-18,22,30-32H,4,7-8,11H2,(H2,23,26,27)/t15?,17-,18?,22-/m1/s1. The molecule has 5 rings (SSSR count). The molecule has 172 valence electrons. The van der Waals surface area contributed by atoms with Gasteiger partial charge in [0.15, 0.2) is 23.5 Å². The Hall–Kier alpha value is -3.38. The number of nitrogens with zero attached hydrogens (tertiary/aromatic N) is 6. The molecule has 0 saturated carbocycles. The summed E-state index contributed by atoms with van der Waals surface area (Å²) in [6, 6.07) is 10.3. The molecule has 0 spiro atoms. The van der Waals surface area contributed by atoms with Crippen molar-refractivity contribution in [3.63, 3.8) is 0 Å². The van der Waals surface area contributed by atoms with E-state index in [0.717, 1.165) is 19.4 Å². The highest BCUT2D eigenvalue weighted by Crippen LogP contribution is 2.32. The van der Waals surface area contributed by atoms with Gasteiger partial charge in [-0.15, -0.1) is 0 Å². The van der Waals surface area contributed by atoms with Crippen molar-refractivity contribution in [1.29, 1.82) is 0 Å². The van der Waals surface area contributed by atoms with Gasteiger partial charge in [-0.2, -0.15) is 5.10 Å². The number of fused-ring (bicyclic) bond motifs is 1. The molecule has 5 N–H and O–H groups in total. The summed E-state index contributed by atoms with van der Waals surface area (Å²) >= 11 is 0. The van der Waals surface area contributed by atoms with Crippen molar-refractivity contribution >= 4 is 17.0 Å². The first kappa shape index (κ1) is 21.5. The van der Waals surface area contributed by atoms with Crippen LogP contribution in [0, 0.1) is 0 Å². The van der Waals surface area contributed by atoms with Gasteiger partial charge in [0.25, 0.3) is 0 Å². The molecule has 4 aromatic rings. The number of aliphatic hydroxyl groups is 3. The van der Waals surface area contributed by atoms with Gasteiger partial charge in [-0.3, -0.25) is 9.25 Å². The monoisotopic (exact) mass is 451 g/mol. The van der Waals surface area contributed by atoms with Crippen LogP contribution in [-0.4, -0.2) is 69.5 Å². The molecule has 11 nitrogen and oxygen atoms in total. The van der Waals surface area contributed by atoms with Gasteiger partial charge < -0.3 is 25.8 Å². The molecule has 4 heterocycles. The Morgan fingerprint density at radius 2 is 1.91 bits per heavy atom. The summed E-state index contributed by atoms with van der Waals surface area (Å²) in [5.41, 5.74) is 8.80. The molecule has 1 fully saturated rings. The first-order valence-electron chi connectivity index (χ1n) is 10.7. The first-order chi connectivity index (χ1) is 16.0. The molecular formula is C22H25N7O4. The minimum atomic E-state index is -1.26. The Kier molecular flexibility index (Phi) is 5.77. The summed E-state index contributed by atoms with van der Waals surface area (Å²) in [6.45, 7) is 0.320. The van der Waals surface area contributed by atoms with Gasteiger partial charge >= 0.3 is 0 Å². The van der Waals surface area contributed by atoms with Crippen LogP contribution >= 0.6 is 0 Å². The molecule has 3 aromatic heterocycles. The van der Waals surface area contributed by atoms with Crippen molar-refractivity contribution in [2.45, 2.75) is 43.9 Å². The Morgan fingerprint density at radius 3 is 2.67 bits per heavy atom. The fourth-order valence-electron chi connectivity index (χ4n) is 4.05. The number of ether oxygens (including phenoxy) is 1. The Morgan fingerprint density at radius 1 is 1.09 bits per heavy atom. The molecule has 1 saturated heterocycles. The third-order valence-electron chi connectivity index (χ3n) is 5.83. The van der Waals surface area contributed by atoms with Crippen molar-refractivity contribution in [2.24, 2.45) is 0 Å². The van der Waals surface area contributed by atoms with Crippen molar-refractivity contribution in [2.75, 3.05) is 12.3 Å². The second-order valence-electron chi connectivity index (χ2n) is 8.07. The number of hydrogen-bond donors (Lipinski definition) is 4. The lowest BCUT2D eigenvalue weighted by atomic mass is 10.1. The zero-order chi connectivity index (χ0) is 22.9. The maximum Gasteiger partial charge on any atom is 0.168 e. The lowest BCUT2D eigenvalue weighted by Crippen LogP contribution is -2.33. The largest absolute Gasteiger partial charge is 0.394 e. The Bertz CT molecular complexity index is 1240. The number of benzene rings is 1. The number of hydrogen-bond acceptors (Lipinski definition) is 9. The van der Waals surface area contributed by atoms with Gasteiger partial charge in [-0.25, -0.2) is 15.0 Å². The zero-order valence-corrected chi connectivity index (χ0v) is 17.8. The van der Waals surface area contributed by atoms with Crippen LogP contribution in [0.15, 0.2) is 49.1 Å². The number of nitrogen functional groups attached to an aromatic ring is 1.